The number of nitrogens with zero attached hydrogens (tertiary/aromatic N) is 1. The fraction of sp³-hybridized carbons (Fsp3) is 0.588. The predicted octanol–water partition coefficient (Wildman–Crippen LogP) is 2.73. The zero-order valence-corrected chi connectivity index (χ0v) is 12.5. The molecule has 0 aromatic heterocycles. The number of amides is 1. The third-order valence-electron chi connectivity index (χ3n) is 4.30. The second kappa shape index (κ2) is 7.44. The van der Waals surface area contributed by atoms with Gasteiger partial charge in [0.15, 0.2) is 0 Å². The van der Waals surface area contributed by atoms with Crippen LogP contribution in [0.3, 0.4) is 0 Å². The summed E-state index contributed by atoms with van der Waals surface area (Å²) in [6.45, 7) is 5.53. The summed E-state index contributed by atoms with van der Waals surface area (Å²) < 4.78 is 0. The first kappa shape index (κ1) is 15.0. The van der Waals surface area contributed by atoms with Gasteiger partial charge in [0.1, 0.15) is 0 Å². The Morgan fingerprint density at radius 3 is 2.80 bits per heavy atom. The van der Waals surface area contributed by atoms with Gasteiger partial charge in [0.2, 0.25) is 5.91 Å². The monoisotopic (exact) mass is 274 g/mol. The Morgan fingerprint density at radius 2 is 2.10 bits per heavy atom. The van der Waals surface area contributed by atoms with Crippen LogP contribution >= 0.6 is 0 Å². The number of carbonyl (C=O) groups is 1. The van der Waals surface area contributed by atoms with Crippen LogP contribution in [-0.4, -0.2) is 23.9 Å². The number of carbonyl (C=O) groups excluding carboxylic acids is 1. The molecule has 2 N–H and O–H groups in total. The molecule has 2 rings (SSSR count). The van der Waals surface area contributed by atoms with Gasteiger partial charge in [-0.25, -0.2) is 0 Å². The van der Waals surface area contributed by atoms with E-state index in [4.69, 9.17) is 5.73 Å². The fourth-order valence-corrected chi connectivity index (χ4v) is 3.17. The van der Waals surface area contributed by atoms with Gasteiger partial charge in [0, 0.05) is 19.5 Å². The Morgan fingerprint density at radius 1 is 1.35 bits per heavy atom. The molecule has 1 atom stereocenters. The number of primary amides is 1. The fourth-order valence-electron chi connectivity index (χ4n) is 3.17. The van der Waals surface area contributed by atoms with E-state index in [0.29, 0.717) is 12.3 Å². The van der Waals surface area contributed by atoms with Crippen molar-refractivity contribution in [1.82, 2.24) is 4.90 Å². The van der Waals surface area contributed by atoms with Crippen LogP contribution in [0.2, 0.25) is 0 Å². The highest BCUT2D eigenvalue weighted by Gasteiger charge is 2.20. The summed E-state index contributed by atoms with van der Waals surface area (Å²) in [5, 5.41) is 0. The normalized spacial score (nSPS) is 19.9. The highest BCUT2D eigenvalue weighted by Crippen LogP contribution is 2.23. The molecule has 1 saturated heterocycles. The molecule has 0 radical (unpaired) electrons. The average Bonchev–Trinajstić information content (AvgIpc) is 2.46. The van der Waals surface area contributed by atoms with Crippen molar-refractivity contribution >= 4 is 5.91 Å². The summed E-state index contributed by atoms with van der Waals surface area (Å²) in [7, 11) is 0. The van der Waals surface area contributed by atoms with E-state index in [1.54, 1.807) is 0 Å². The highest BCUT2D eigenvalue weighted by atomic mass is 16.1. The van der Waals surface area contributed by atoms with E-state index in [9.17, 15) is 4.79 Å². The van der Waals surface area contributed by atoms with Gasteiger partial charge in [-0.15, -0.1) is 0 Å². The minimum atomic E-state index is -0.168. The van der Waals surface area contributed by atoms with Crippen molar-refractivity contribution in [3.63, 3.8) is 0 Å². The Hall–Kier alpha value is -1.35. The number of likely N-dealkylation sites (tertiary alicyclic amines) is 1. The molecule has 110 valence electrons. The second-order valence-electron chi connectivity index (χ2n) is 5.87. The largest absolute Gasteiger partial charge is 0.370 e. The molecule has 1 aromatic carbocycles. The number of hydrogen-bond acceptors (Lipinski definition) is 2. The lowest BCUT2D eigenvalue weighted by Crippen LogP contribution is -2.35. The van der Waals surface area contributed by atoms with Crippen LogP contribution in [0.25, 0.3) is 0 Å². The van der Waals surface area contributed by atoms with E-state index >= 15 is 0 Å². The Balaban J connectivity index is 1.90. The topological polar surface area (TPSA) is 46.3 Å². The lowest BCUT2D eigenvalue weighted by Gasteiger charge is -2.33. The van der Waals surface area contributed by atoms with Crippen molar-refractivity contribution < 1.29 is 4.79 Å². The van der Waals surface area contributed by atoms with E-state index in [-0.39, 0.29) is 5.91 Å². The van der Waals surface area contributed by atoms with Crippen molar-refractivity contribution in [3.8, 4) is 0 Å². The maximum atomic E-state index is 10.9. The minimum Gasteiger partial charge on any atom is -0.370 e. The molecule has 0 bridgehead atoms. The average molecular weight is 274 g/mol. The van der Waals surface area contributed by atoms with Crippen molar-refractivity contribution in [1.29, 1.82) is 0 Å². The zero-order valence-electron chi connectivity index (χ0n) is 12.5. The first-order valence-electron chi connectivity index (χ1n) is 7.76. The van der Waals surface area contributed by atoms with Gasteiger partial charge in [0.25, 0.3) is 0 Å². The molecule has 3 heteroatoms. The Bertz CT molecular complexity index is 444. The predicted molar refractivity (Wildman–Crippen MR) is 82.2 cm³/mol. The third-order valence-corrected chi connectivity index (χ3v) is 4.30. The van der Waals surface area contributed by atoms with E-state index in [1.807, 2.05) is 0 Å². The summed E-state index contributed by atoms with van der Waals surface area (Å²) in [6.07, 6.45) is 5.04. The molecule has 0 saturated carbocycles. The van der Waals surface area contributed by atoms with E-state index in [1.165, 1.54) is 30.5 Å². The number of rotatable bonds is 6. The first-order valence-corrected chi connectivity index (χ1v) is 7.76. The Labute approximate surface area is 122 Å². The van der Waals surface area contributed by atoms with Crippen molar-refractivity contribution in [2.24, 2.45) is 11.7 Å². The molecule has 0 aliphatic carbocycles. The van der Waals surface area contributed by atoms with Crippen molar-refractivity contribution in [3.05, 3.63) is 35.4 Å². The second-order valence-corrected chi connectivity index (χ2v) is 5.87. The number of benzene rings is 1. The maximum absolute atomic E-state index is 10.9. The molecule has 3 nitrogen and oxygen atoms in total. The smallest absolute Gasteiger partial charge is 0.217 e. The van der Waals surface area contributed by atoms with Gasteiger partial charge in [-0.05, 0) is 49.3 Å². The summed E-state index contributed by atoms with van der Waals surface area (Å²) in [5.74, 6) is 0.462. The molecular formula is C17H26N2O. The molecule has 1 fully saturated rings. The number of hydrogen-bond donors (Lipinski definition) is 1. The molecule has 1 aliphatic heterocycles. The van der Waals surface area contributed by atoms with Crippen molar-refractivity contribution in [2.45, 2.75) is 45.6 Å². The van der Waals surface area contributed by atoms with Crippen LogP contribution in [0.1, 0.15) is 43.7 Å². The summed E-state index contributed by atoms with van der Waals surface area (Å²) in [6, 6.07) is 8.72. The zero-order chi connectivity index (χ0) is 14.4. The van der Waals surface area contributed by atoms with Crippen LogP contribution < -0.4 is 5.73 Å². The van der Waals surface area contributed by atoms with Crippen LogP contribution in [0.15, 0.2) is 24.3 Å². The quantitative estimate of drug-likeness (QED) is 0.867. The van der Waals surface area contributed by atoms with Gasteiger partial charge in [-0.2, -0.15) is 0 Å². The van der Waals surface area contributed by atoms with Gasteiger partial charge >= 0.3 is 0 Å². The summed E-state index contributed by atoms with van der Waals surface area (Å²) in [5.41, 5.74) is 8.15. The van der Waals surface area contributed by atoms with Gasteiger partial charge < -0.3 is 5.73 Å². The maximum Gasteiger partial charge on any atom is 0.217 e. The highest BCUT2D eigenvalue weighted by molar-refractivity contribution is 5.73. The summed E-state index contributed by atoms with van der Waals surface area (Å²) in [4.78, 5) is 13.4. The molecule has 0 spiro atoms. The van der Waals surface area contributed by atoms with Crippen LogP contribution in [0.4, 0.5) is 0 Å². The molecule has 1 aliphatic rings. The molecule has 0 unspecified atom stereocenters. The molecule has 1 amide bonds. The van der Waals surface area contributed by atoms with E-state index in [2.05, 4.69) is 36.1 Å². The third kappa shape index (κ3) is 4.34. The van der Waals surface area contributed by atoms with E-state index < -0.39 is 0 Å². The summed E-state index contributed by atoms with van der Waals surface area (Å²) >= 11 is 0. The molecule has 1 heterocycles. The molecule has 1 aromatic rings. The Kier molecular flexibility index (Phi) is 5.60. The van der Waals surface area contributed by atoms with Gasteiger partial charge in [0.05, 0.1) is 0 Å². The van der Waals surface area contributed by atoms with Crippen LogP contribution in [0, 0.1) is 5.92 Å². The van der Waals surface area contributed by atoms with Gasteiger partial charge in [-0.3, -0.25) is 9.69 Å². The number of nitrogens with two attached hydrogens (primary N) is 1. The first-order chi connectivity index (χ1) is 9.69. The molecular weight excluding hydrogens is 248 g/mol. The number of aryl methyl sites for hydroxylation is 1. The van der Waals surface area contributed by atoms with Crippen LogP contribution in [-0.2, 0) is 17.8 Å². The molecule has 20 heavy (non-hydrogen) atoms. The van der Waals surface area contributed by atoms with Crippen molar-refractivity contribution in [2.75, 3.05) is 13.1 Å². The minimum absolute atomic E-state index is 0.168. The van der Waals surface area contributed by atoms with Gasteiger partial charge in [-0.1, -0.05) is 31.2 Å². The standard InChI is InChI=1S/C17H26N2O/c1-2-15-7-3-4-8-16(15)13-19-11-5-6-14(12-19)9-10-17(18)20/h3-4,7-8,14H,2,5-6,9-13H2,1H3,(H2,18,20)/t14-/m1/s1. The lowest BCUT2D eigenvalue weighted by molar-refractivity contribution is -0.118. The lowest BCUT2D eigenvalue weighted by atomic mass is 9.92. The van der Waals surface area contributed by atoms with Crippen LogP contribution in [0.5, 0.6) is 0 Å². The SMILES string of the molecule is CCc1ccccc1CN1CCC[C@H](CCC(N)=O)C1. The number of piperidine rings is 1. The van der Waals surface area contributed by atoms with E-state index in [0.717, 1.165) is 25.9 Å².